The molecular formula is C14H23N3S. The number of likely N-dealkylation sites (tertiary alicyclic amines) is 1. The van der Waals surface area contributed by atoms with E-state index in [2.05, 4.69) is 24.2 Å². The smallest absolute Gasteiger partial charge is 0.0975 e. The molecule has 2 atom stereocenters. The van der Waals surface area contributed by atoms with Gasteiger partial charge in [-0.05, 0) is 46.3 Å². The number of aromatic nitrogens is 1. The summed E-state index contributed by atoms with van der Waals surface area (Å²) in [6, 6.07) is 0. The molecule has 2 saturated heterocycles. The van der Waals surface area contributed by atoms with E-state index in [0.29, 0.717) is 11.8 Å². The number of aryl methyl sites for hydroxylation is 1. The van der Waals surface area contributed by atoms with Crippen molar-refractivity contribution < 1.29 is 0 Å². The third-order valence-electron chi connectivity index (χ3n) is 4.26. The van der Waals surface area contributed by atoms with Crippen molar-refractivity contribution in [2.24, 2.45) is 0 Å². The lowest BCUT2D eigenvalue weighted by atomic mass is 9.97. The first-order valence-corrected chi connectivity index (χ1v) is 7.92. The molecule has 1 aromatic heterocycles. The second kappa shape index (κ2) is 5.27. The number of nitrogens with zero attached hydrogens (tertiary/aromatic N) is 2. The van der Waals surface area contributed by atoms with Gasteiger partial charge < -0.3 is 10.2 Å². The molecule has 1 N–H and O–H groups in total. The van der Waals surface area contributed by atoms with Crippen LogP contribution in [0.15, 0.2) is 0 Å². The number of rotatable bonds is 2. The maximum atomic E-state index is 4.87. The summed E-state index contributed by atoms with van der Waals surface area (Å²) in [5, 5.41) is 4.90. The van der Waals surface area contributed by atoms with Crippen LogP contribution in [0.5, 0.6) is 0 Å². The number of nitrogens with one attached hydrogen (secondary N) is 1. The largest absolute Gasteiger partial charge is 0.316 e. The van der Waals surface area contributed by atoms with Gasteiger partial charge in [-0.15, -0.1) is 11.3 Å². The van der Waals surface area contributed by atoms with Crippen LogP contribution in [0.4, 0.5) is 0 Å². The zero-order chi connectivity index (χ0) is 12.5. The Bertz CT molecular complexity index is 409. The zero-order valence-corrected chi connectivity index (χ0v) is 12.2. The Morgan fingerprint density at radius 2 is 2.22 bits per heavy atom. The third kappa shape index (κ3) is 2.46. The van der Waals surface area contributed by atoms with Gasteiger partial charge in [-0.1, -0.05) is 0 Å². The molecule has 0 spiro atoms. The Kier molecular flexibility index (Phi) is 3.68. The molecule has 3 rings (SSSR count). The van der Waals surface area contributed by atoms with Crippen LogP contribution in [0.3, 0.4) is 0 Å². The average molecular weight is 265 g/mol. The molecule has 0 aliphatic carbocycles. The molecule has 0 saturated carbocycles. The maximum absolute atomic E-state index is 4.87. The molecule has 0 bridgehead atoms. The van der Waals surface area contributed by atoms with Crippen LogP contribution in [-0.4, -0.2) is 43.1 Å². The molecule has 2 fully saturated rings. The molecule has 4 heteroatoms. The molecule has 0 radical (unpaired) electrons. The number of piperidine rings is 1. The molecule has 2 aliphatic rings. The van der Waals surface area contributed by atoms with E-state index in [4.69, 9.17) is 4.98 Å². The van der Waals surface area contributed by atoms with E-state index in [1.165, 1.54) is 49.6 Å². The summed E-state index contributed by atoms with van der Waals surface area (Å²) in [5.41, 5.74) is 1.29. The summed E-state index contributed by atoms with van der Waals surface area (Å²) < 4.78 is 0. The van der Waals surface area contributed by atoms with Gasteiger partial charge in [-0.25, -0.2) is 4.98 Å². The van der Waals surface area contributed by atoms with E-state index >= 15 is 0 Å². The van der Waals surface area contributed by atoms with E-state index < -0.39 is 0 Å². The van der Waals surface area contributed by atoms with Gasteiger partial charge in [-0.2, -0.15) is 0 Å². The Morgan fingerprint density at radius 3 is 2.89 bits per heavy atom. The minimum Gasteiger partial charge on any atom is -0.316 e. The summed E-state index contributed by atoms with van der Waals surface area (Å²) in [6.07, 6.45) is 3.93. The lowest BCUT2D eigenvalue weighted by Crippen LogP contribution is -2.28. The van der Waals surface area contributed by atoms with Crippen molar-refractivity contribution in [2.75, 3.05) is 33.2 Å². The highest BCUT2D eigenvalue weighted by Gasteiger charge is 2.27. The minimum absolute atomic E-state index is 0.684. The van der Waals surface area contributed by atoms with Crippen LogP contribution < -0.4 is 5.32 Å². The number of likely N-dealkylation sites (N-methyl/N-ethyl adjacent to an activating group) is 1. The second-order valence-electron chi connectivity index (χ2n) is 5.79. The SMILES string of the molecule is Cc1nc(C2CCN(C)C2)sc1C1CCCNC1. The van der Waals surface area contributed by atoms with Crippen LogP contribution >= 0.6 is 11.3 Å². The van der Waals surface area contributed by atoms with E-state index in [1.54, 1.807) is 4.88 Å². The van der Waals surface area contributed by atoms with Gasteiger partial charge >= 0.3 is 0 Å². The fraction of sp³-hybridized carbons (Fsp3) is 0.786. The first kappa shape index (κ1) is 12.6. The molecule has 18 heavy (non-hydrogen) atoms. The zero-order valence-electron chi connectivity index (χ0n) is 11.4. The molecule has 0 amide bonds. The summed E-state index contributed by atoms with van der Waals surface area (Å²) in [5.74, 6) is 1.40. The van der Waals surface area contributed by atoms with Crippen molar-refractivity contribution in [1.29, 1.82) is 0 Å². The fourth-order valence-electron chi connectivity index (χ4n) is 3.20. The molecule has 2 unspecified atom stereocenters. The normalized spacial score (nSPS) is 29.9. The quantitative estimate of drug-likeness (QED) is 0.889. The number of hydrogen-bond acceptors (Lipinski definition) is 4. The van der Waals surface area contributed by atoms with Crippen molar-refractivity contribution >= 4 is 11.3 Å². The third-order valence-corrected chi connectivity index (χ3v) is 5.74. The van der Waals surface area contributed by atoms with Gasteiger partial charge in [0.2, 0.25) is 0 Å². The van der Waals surface area contributed by atoms with Crippen molar-refractivity contribution in [1.82, 2.24) is 15.2 Å². The van der Waals surface area contributed by atoms with Gasteiger partial charge in [0, 0.05) is 29.8 Å². The predicted molar refractivity (Wildman–Crippen MR) is 76.6 cm³/mol. The highest BCUT2D eigenvalue weighted by Crippen LogP contribution is 2.36. The van der Waals surface area contributed by atoms with Gasteiger partial charge in [0.25, 0.3) is 0 Å². The number of thiazole rings is 1. The number of hydrogen-bond donors (Lipinski definition) is 1. The molecule has 1 aromatic rings. The van der Waals surface area contributed by atoms with Crippen LogP contribution in [0.25, 0.3) is 0 Å². The van der Waals surface area contributed by atoms with Crippen molar-refractivity contribution in [3.63, 3.8) is 0 Å². The standard InChI is InChI=1S/C14H23N3S/c1-10-13(11-4-3-6-15-8-11)18-14(16-10)12-5-7-17(2)9-12/h11-12,15H,3-9H2,1-2H3. The van der Waals surface area contributed by atoms with Gasteiger partial charge in [0.05, 0.1) is 10.7 Å². The second-order valence-corrected chi connectivity index (χ2v) is 6.86. The molecule has 2 aliphatic heterocycles. The lowest BCUT2D eigenvalue weighted by molar-refractivity contribution is 0.411. The topological polar surface area (TPSA) is 28.2 Å². The monoisotopic (exact) mass is 265 g/mol. The van der Waals surface area contributed by atoms with Gasteiger partial charge in [-0.3, -0.25) is 0 Å². The first-order valence-electron chi connectivity index (χ1n) is 7.10. The first-order chi connectivity index (χ1) is 8.74. The van der Waals surface area contributed by atoms with Crippen LogP contribution in [0.1, 0.15) is 46.7 Å². The van der Waals surface area contributed by atoms with Gasteiger partial charge in [0.15, 0.2) is 0 Å². The van der Waals surface area contributed by atoms with Crippen molar-refractivity contribution in [2.45, 2.75) is 38.0 Å². The lowest BCUT2D eigenvalue weighted by Gasteiger charge is -2.21. The van der Waals surface area contributed by atoms with Crippen molar-refractivity contribution in [3.05, 3.63) is 15.6 Å². The highest BCUT2D eigenvalue weighted by atomic mass is 32.1. The van der Waals surface area contributed by atoms with Crippen molar-refractivity contribution in [3.8, 4) is 0 Å². The van der Waals surface area contributed by atoms with Crippen LogP contribution in [-0.2, 0) is 0 Å². The molecular weight excluding hydrogens is 242 g/mol. The molecule has 3 heterocycles. The Hall–Kier alpha value is -0.450. The maximum Gasteiger partial charge on any atom is 0.0975 e. The van der Waals surface area contributed by atoms with Gasteiger partial charge in [0.1, 0.15) is 0 Å². The Balaban J connectivity index is 1.77. The minimum atomic E-state index is 0.684. The summed E-state index contributed by atoms with van der Waals surface area (Å²) in [4.78, 5) is 8.83. The van der Waals surface area contributed by atoms with E-state index in [0.717, 1.165) is 6.54 Å². The fourth-order valence-corrected chi connectivity index (χ4v) is 4.52. The van der Waals surface area contributed by atoms with E-state index in [9.17, 15) is 0 Å². The highest BCUT2D eigenvalue weighted by molar-refractivity contribution is 7.12. The average Bonchev–Trinajstić information content (AvgIpc) is 2.97. The molecule has 0 aromatic carbocycles. The summed E-state index contributed by atoms with van der Waals surface area (Å²) >= 11 is 1.99. The van der Waals surface area contributed by atoms with Crippen LogP contribution in [0, 0.1) is 6.92 Å². The Morgan fingerprint density at radius 1 is 1.33 bits per heavy atom. The van der Waals surface area contributed by atoms with E-state index in [1.807, 2.05) is 11.3 Å². The summed E-state index contributed by atoms with van der Waals surface area (Å²) in [6.45, 7) is 6.95. The molecule has 3 nitrogen and oxygen atoms in total. The summed E-state index contributed by atoms with van der Waals surface area (Å²) in [7, 11) is 2.21. The molecule has 100 valence electrons. The predicted octanol–water partition coefficient (Wildman–Crippen LogP) is 2.34. The Labute approximate surface area is 114 Å². The van der Waals surface area contributed by atoms with Crippen LogP contribution in [0.2, 0.25) is 0 Å². The van der Waals surface area contributed by atoms with E-state index in [-0.39, 0.29) is 0 Å².